The highest BCUT2D eigenvalue weighted by molar-refractivity contribution is 5.91. The van der Waals surface area contributed by atoms with Gasteiger partial charge in [0.25, 0.3) is 5.91 Å². The zero-order chi connectivity index (χ0) is 24.2. The molecule has 0 aromatic heterocycles. The van der Waals surface area contributed by atoms with Crippen LogP contribution in [0.15, 0.2) is 35.3 Å². The molecular weight excluding hydrogens is 444 g/mol. The van der Waals surface area contributed by atoms with E-state index in [1.54, 1.807) is 24.3 Å². The second-order valence-corrected chi connectivity index (χ2v) is 8.06. The van der Waals surface area contributed by atoms with Gasteiger partial charge in [0, 0.05) is 25.7 Å². The lowest BCUT2D eigenvalue weighted by atomic mass is 10.0. The quantitative estimate of drug-likeness (QED) is 0.183. The standard InChI is InChI=1S/C22H32N6O6/c29-18(17-9-14-26-34-17)27-22(19(30)31,10-4-5-11-23-20-24-12-6-13-25-20)28-21(32)33-15-16-7-2-1-3-8-16/h1-3,7-8,12,17,20,23,25-26H,4-6,9-11,13-15H2,(H,27,29)(H,28,32)(H,30,31). The number of alkyl carbamates (subject to hydrolysis) is 1. The third-order valence-corrected chi connectivity index (χ3v) is 5.44. The third kappa shape index (κ3) is 7.76. The number of nitrogens with zero attached hydrogens (tertiary/aromatic N) is 1. The lowest BCUT2D eigenvalue weighted by Gasteiger charge is -2.32. The molecule has 0 saturated carbocycles. The maximum absolute atomic E-state index is 12.7. The van der Waals surface area contributed by atoms with Crippen LogP contribution in [0, 0.1) is 0 Å². The van der Waals surface area contributed by atoms with Crippen LogP contribution >= 0.6 is 0 Å². The topological polar surface area (TPSA) is 162 Å². The number of unbranched alkanes of at least 4 members (excludes halogenated alkanes) is 1. The highest BCUT2D eigenvalue weighted by Crippen LogP contribution is 2.15. The summed E-state index contributed by atoms with van der Waals surface area (Å²) in [5.74, 6) is -2.02. The number of benzene rings is 1. The molecule has 1 aromatic carbocycles. The van der Waals surface area contributed by atoms with Gasteiger partial charge in [0.1, 0.15) is 6.61 Å². The predicted molar refractivity (Wildman–Crippen MR) is 123 cm³/mol. The van der Waals surface area contributed by atoms with Crippen LogP contribution < -0.4 is 26.7 Å². The number of amides is 2. The van der Waals surface area contributed by atoms with Crippen molar-refractivity contribution < 1.29 is 29.1 Å². The summed E-state index contributed by atoms with van der Waals surface area (Å²) in [6.07, 6.45) is 2.11. The van der Waals surface area contributed by atoms with Gasteiger partial charge in [-0.25, -0.2) is 15.1 Å². The predicted octanol–water partition coefficient (Wildman–Crippen LogP) is 0.211. The van der Waals surface area contributed by atoms with E-state index < -0.39 is 29.7 Å². The minimum Gasteiger partial charge on any atom is -0.478 e. The lowest BCUT2D eigenvalue weighted by Crippen LogP contribution is -2.67. The number of carbonyl (C=O) groups is 3. The van der Waals surface area contributed by atoms with Crippen LogP contribution in [-0.2, 0) is 25.8 Å². The van der Waals surface area contributed by atoms with Crippen LogP contribution in [0.3, 0.4) is 0 Å². The van der Waals surface area contributed by atoms with Crippen LogP contribution in [-0.4, -0.2) is 67.0 Å². The number of ether oxygens (including phenoxy) is 1. The molecule has 186 valence electrons. The van der Waals surface area contributed by atoms with Crippen LogP contribution in [0.4, 0.5) is 4.79 Å². The number of carbonyl (C=O) groups excluding carboxylic acids is 2. The summed E-state index contributed by atoms with van der Waals surface area (Å²) in [4.78, 5) is 46.9. The molecule has 0 aliphatic carbocycles. The van der Waals surface area contributed by atoms with Crippen molar-refractivity contribution in [3.63, 3.8) is 0 Å². The smallest absolute Gasteiger partial charge is 0.409 e. The van der Waals surface area contributed by atoms with E-state index in [1.165, 1.54) is 0 Å². The van der Waals surface area contributed by atoms with E-state index in [-0.39, 0.29) is 19.3 Å². The maximum Gasteiger partial charge on any atom is 0.409 e. The van der Waals surface area contributed by atoms with Gasteiger partial charge in [-0.1, -0.05) is 30.3 Å². The van der Waals surface area contributed by atoms with Gasteiger partial charge in [0.2, 0.25) is 5.66 Å². The Balaban J connectivity index is 1.59. The molecule has 0 bridgehead atoms. The molecule has 1 fully saturated rings. The summed E-state index contributed by atoms with van der Waals surface area (Å²) < 4.78 is 5.20. The highest BCUT2D eigenvalue weighted by Gasteiger charge is 2.43. The number of carboxylic acids is 1. The summed E-state index contributed by atoms with van der Waals surface area (Å²) in [5, 5.41) is 21.3. The van der Waals surface area contributed by atoms with Gasteiger partial charge < -0.3 is 15.2 Å². The Morgan fingerprint density at radius 3 is 2.68 bits per heavy atom. The molecule has 2 aliphatic rings. The molecule has 0 spiro atoms. The molecule has 12 nitrogen and oxygen atoms in total. The Bertz CT molecular complexity index is 848. The second-order valence-electron chi connectivity index (χ2n) is 8.06. The van der Waals surface area contributed by atoms with Crippen LogP contribution in [0.1, 0.15) is 37.7 Å². The zero-order valence-electron chi connectivity index (χ0n) is 18.9. The van der Waals surface area contributed by atoms with Crippen molar-refractivity contribution in [2.45, 2.75) is 56.8 Å². The average molecular weight is 477 g/mol. The van der Waals surface area contributed by atoms with Crippen molar-refractivity contribution in [1.29, 1.82) is 0 Å². The summed E-state index contributed by atoms with van der Waals surface area (Å²) in [6.45, 7) is 1.84. The number of aliphatic imine (C=N–C) groups is 1. The normalized spacial score (nSPS) is 21.4. The molecule has 3 unspecified atom stereocenters. The Morgan fingerprint density at radius 2 is 2.00 bits per heavy atom. The molecule has 12 heteroatoms. The molecule has 1 aromatic rings. The van der Waals surface area contributed by atoms with E-state index in [2.05, 4.69) is 31.7 Å². The number of hydrogen-bond acceptors (Lipinski definition) is 9. The molecule has 2 aliphatic heterocycles. The Kier molecular flexibility index (Phi) is 9.76. The van der Waals surface area contributed by atoms with Crippen molar-refractivity contribution in [2.24, 2.45) is 4.99 Å². The van der Waals surface area contributed by atoms with Crippen LogP contribution in [0.25, 0.3) is 0 Å². The number of carboxylic acid groups (broad SMARTS) is 1. The molecule has 2 heterocycles. The molecule has 3 rings (SSSR count). The van der Waals surface area contributed by atoms with Crippen LogP contribution in [0.5, 0.6) is 0 Å². The Hall–Kier alpha value is -3.06. The number of hydroxylamine groups is 1. The van der Waals surface area contributed by atoms with Crippen molar-refractivity contribution in [3.05, 3.63) is 35.9 Å². The highest BCUT2D eigenvalue weighted by atomic mass is 16.7. The third-order valence-electron chi connectivity index (χ3n) is 5.44. The summed E-state index contributed by atoms with van der Waals surface area (Å²) in [5.41, 5.74) is 1.30. The summed E-state index contributed by atoms with van der Waals surface area (Å²) in [6, 6.07) is 9.00. The fourth-order valence-electron chi connectivity index (χ4n) is 3.58. The molecule has 2 amide bonds. The SMILES string of the molecule is O=C(NC(CCCCNC1N=CCCN1)(NC(=O)C1CCNO1)C(=O)O)OCc1ccccc1. The van der Waals surface area contributed by atoms with Gasteiger partial charge in [0.15, 0.2) is 12.4 Å². The zero-order valence-corrected chi connectivity index (χ0v) is 18.9. The maximum atomic E-state index is 12.7. The monoisotopic (exact) mass is 476 g/mol. The van der Waals surface area contributed by atoms with E-state index in [0.717, 1.165) is 18.5 Å². The molecule has 1 saturated heterocycles. The molecule has 6 N–H and O–H groups in total. The van der Waals surface area contributed by atoms with Gasteiger partial charge in [-0.2, -0.15) is 0 Å². The lowest BCUT2D eigenvalue weighted by molar-refractivity contribution is -0.152. The molecular formula is C22H32N6O6. The minimum atomic E-state index is -2.04. The van der Waals surface area contributed by atoms with Gasteiger partial charge >= 0.3 is 12.1 Å². The first kappa shape index (κ1) is 25.6. The van der Waals surface area contributed by atoms with Crippen LogP contribution in [0.2, 0.25) is 0 Å². The molecule has 34 heavy (non-hydrogen) atoms. The fraction of sp³-hybridized carbons (Fsp3) is 0.545. The van der Waals surface area contributed by atoms with Gasteiger partial charge in [0.05, 0.1) is 0 Å². The van der Waals surface area contributed by atoms with Gasteiger partial charge in [-0.15, -0.1) is 0 Å². The fourth-order valence-corrected chi connectivity index (χ4v) is 3.58. The van der Waals surface area contributed by atoms with E-state index in [4.69, 9.17) is 9.57 Å². The Labute approximate surface area is 197 Å². The average Bonchev–Trinajstić information content (AvgIpc) is 3.39. The van der Waals surface area contributed by atoms with E-state index in [9.17, 15) is 19.5 Å². The Morgan fingerprint density at radius 1 is 1.18 bits per heavy atom. The summed E-state index contributed by atoms with van der Waals surface area (Å²) in [7, 11) is 0. The van der Waals surface area contributed by atoms with Crippen molar-refractivity contribution >= 4 is 24.2 Å². The number of hydrogen-bond donors (Lipinski definition) is 6. The number of rotatable bonds is 12. The second kappa shape index (κ2) is 13.0. The number of nitrogens with one attached hydrogen (secondary N) is 5. The van der Waals surface area contributed by atoms with E-state index >= 15 is 0 Å². The largest absolute Gasteiger partial charge is 0.478 e. The first-order valence-electron chi connectivity index (χ1n) is 11.4. The van der Waals surface area contributed by atoms with Crippen molar-refractivity contribution in [3.8, 4) is 0 Å². The first-order valence-corrected chi connectivity index (χ1v) is 11.4. The van der Waals surface area contributed by atoms with Gasteiger partial charge in [-0.3, -0.25) is 30.6 Å². The van der Waals surface area contributed by atoms with E-state index in [0.29, 0.717) is 32.4 Å². The van der Waals surface area contributed by atoms with Gasteiger partial charge in [-0.05, 0) is 37.8 Å². The first-order chi connectivity index (χ1) is 16.5. The van der Waals surface area contributed by atoms with Crippen molar-refractivity contribution in [1.82, 2.24) is 26.7 Å². The molecule has 0 radical (unpaired) electrons. The summed E-state index contributed by atoms with van der Waals surface area (Å²) >= 11 is 0. The minimum absolute atomic E-state index is 0.0369. The number of aliphatic carboxylic acids is 1. The van der Waals surface area contributed by atoms with E-state index in [1.807, 2.05) is 12.3 Å². The molecule has 3 atom stereocenters. The van der Waals surface area contributed by atoms with Crippen molar-refractivity contribution in [2.75, 3.05) is 19.6 Å².